The van der Waals surface area contributed by atoms with Crippen LogP contribution in [-0.2, 0) is 6.42 Å². The number of nitrogens with zero attached hydrogens (tertiary/aromatic N) is 1. The summed E-state index contributed by atoms with van der Waals surface area (Å²) in [7, 11) is 0. The molecular weight excluding hydrogens is 262 g/mol. The SMILES string of the molecule is Cc1ccnc(NCCc2cccs2)c1C(N)=S. The second-order valence-corrected chi connectivity index (χ2v) is 5.44. The van der Waals surface area contributed by atoms with E-state index in [0.29, 0.717) is 4.99 Å². The predicted octanol–water partition coefficient (Wildman–Crippen LogP) is 2.74. The molecule has 94 valence electrons. The summed E-state index contributed by atoms with van der Waals surface area (Å²) in [6.45, 7) is 2.81. The van der Waals surface area contributed by atoms with Crippen molar-refractivity contribution in [1.29, 1.82) is 0 Å². The molecule has 0 radical (unpaired) electrons. The van der Waals surface area contributed by atoms with E-state index in [9.17, 15) is 0 Å². The number of nitrogens with two attached hydrogens (primary N) is 1. The summed E-state index contributed by atoms with van der Waals surface area (Å²) in [4.78, 5) is 6.05. The molecule has 0 saturated carbocycles. The van der Waals surface area contributed by atoms with Gasteiger partial charge in [0.1, 0.15) is 10.8 Å². The third-order valence-corrected chi connectivity index (χ3v) is 3.79. The van der Waals surface area contributed by atoms with Gasteiger partial charge in [-0.25, -0.2) is 4.98 Å². The van der Waals surface area contributed by atoms with Gasteiger partial charge in [0.25, 0.3) is 0 Å². The van der Waals surface area contributed by atoms with Crippen LogP contribution in [0, 0.1) is 6.92 Å². The lowest BCUT2D eigenvalue weighted by molar-refractivity contribution is 1.02. The maximum Gasteiger partial charge on any atom is 0.136 e. The highest BCUT2D eigenvalue weighted by Crippen LogP contribution is 2.17. The Labute approximate surface area is 116 Å². The first-order valence-corrected chi connectivity index (χ1v) is 6.99. The number of aryl methyl sites for hydroxylation is 1. The zero-order valence-corrected chi connectivity index (χ0v) is 11.8. The number of hydrogen-bond donors (Lipinski definition) is 2. The first kappa shape index (κ1) is 13.0. The molecule has 0 aromatic carbocycles. The highest BCUT2D eigenvalue weighted by molar-refractivity contribution is 7.80. The van der Waals surface area contributed by atoms with Gasteiger partial charge in [0.15, 0.2) is 0 Å². The van der Waals surface area contributed by atoms with Crippen molar-refractivity contribution in [3.63, 3.8) is 0 Å². The van der Waals surface area contributed by atoms with E-state index >= 15 is 0 Å². The lowest BCUT2D eigenvalue weighted by atomic mass is 10.1. The van der Waals surface area contributed by atoms with Crippen LogP contribution in [0.4, 0.5) is 5.82 Å². The molecule has 0 bridgehead atoms. The number of anilines is 1. The van der Waals surface area contributed by atoms with Crippen molar-refractivity contribution in [2.75, 3.05) is 11.9 Å². The van der Waals surface area contributed by atoms with E-state index in [4.69, 9.17) is 18.0 Å². The highest BCUT2D eigenvalue weighted by atomic mass is 32.1. The first-order valence-electron chi connectivity index (χ1n) is 5.70. The molecule has 18 heavy (non-hydrogen) atoms. The summed E-state index contributed by atoms with van der Waals surface area (Å²) >= 11 is 6.83. The average Bonchev–Trinajstić information content (AvgIpc) is 2.81. The fourth-order valence-electron chi connectivity index (χ4n) is 1.76. The number of thiophene rings is 1. The van der Waals surface area contributed by atoms with E-state index in [2.05, 4.69) is 27.8 Å². The van der Waals surface area contributed by atoms with Crippen LogP contribution in [0.15, 0.2) is 29.8 Å². The Hall–Kier alpha value is -1.46. The Morgan fingerprint density at radius 3 is 3.00 bits per heavy atom. The molecule has 0 atom stereocenters. The van der Waals surface area contributed by atoms with Gasteiger partial charge in [0.2, 0.25) is 0 Å². The van der Waals surface area contributed by atoms with Crippen LogP contribution in [0.3, 0.4) is 0 Å². The summed E-state index contributed by atoms with van der Waals surface area (Å²) in [6.07, 6.45) is 2.74. The van der Waals surface area contributed by atoms with Gasteiger partial charge in [-0.1, -0.05) is 18.3 Å². The molecule has 2 rings (SSSR count). The fourth-order valence-corrected chi connectivity index (χ4v) is 2.73. The van der Waals surface area contributed by atoms with E-state index in [-0.39, 0.29) is 0 Å². The maximum atomic E-state index is 5.74. The van der Waals surface area contributed by atoms with Crippen molar-refractivity contribution < 1.29 is 0 Å². The van der Waals surface area contributed by atoms with Crippen LogP contribution in [0.2, 0.25) is 0 Å². The molecular formula is C13H15N3S2. The smallest absolute Gasteiger partial charge is 0.136 e. The summed E-state index contributed by atoms with van der Waals surface area (Å²) in [5.74, 6) is 0.777. The van der Waals surface area contributed by atoms with Crippen LogP contribution < -0.4 is 11.1 Å². The first-order chi connectivity index (χ1) is 8.68. The Morgan fingerprint density at radius 1 is 1.50 bits per heavy atom. The Balaban J connectivity index is 2.05. The van der Waals surface area contributed by atoms with Crippen LogP contribution in [0.25, 0.3) is 0 Å². The second kappa shape index (κ2) is 5.93. The molecule has 2 heterocycles. The second-order valence-electron chi connectivity index (χ2n) is 3.97. The summed E-state index contributed by atoms with van der Waals surface area (Å²) in [6, 6.07) is 6.11. The van der Waals surface area contributed by atoms with E-state index in [1.165, 1.54) is 4.88 Å². The van der Waals surface area contributed by atoms with Crippen molar-refractivity contribution >= 4 is 34.4 Å². The molecule has 2 aromatic heterocycles. The Kier molecular flexibility index (Phi) is 4.28. The van der Waals surface area contributed by atoms with Gasteiger partial charge < -0.3 is 11.1 Å². The average molecular weight is 277 g/mol. The minimum Gasteiger partial charge on any atom is -0.389 e. The highest BCUT2D eigenvalue weighted by Gasteiger charge is 2.09. The molecule has 0 fully saturated rings. The third-order valence-electron chi connectivity index (χ3n) is 2.65. The molecule has 0 saturated heterocycles. The topological polar surface area (TPSA) is 50.9 Å². The van der Waals surface area contributed by atoms with Gasteiger partial charge >= 0.3 is 0 Å². The van der Waals surface area contributed by atoms with Gasteiger partial charge in [0.05, 0.1) is 5.56 Å². The quantitative estimate of drug-likeness (QED) is 0.825. The van der Waals surface area contributed by atoms with Crippen molar-refractivity contribution in [3.05, 3.63) is 45.8 Å². The lowest BCUT2D eigenvalue weighted by Gasteiger charge is -2.11. The number of pyridine rings is 1. The van der Waals surface area contributed by atoms with Gasteiger partial charge in [-0.2, -0.15) is 0 Å². The molecule has 3 N–H and O–H groups in total. The van der Waals surface area contributed by atoms with Crippen LogP contribution in [0.1, 0.15) is 16.0 Å². The number of nitrogens with one attached hydrogen (secondary N) is 1. The molecule has 2 aromatic rings. The van der Waals surface area contributed by atoms with E-state index in [0.717, 1.165) is 29.9 Å². The molecule has 0 aliphatic rings. The maximum absolute atomic E-state index is 5.74. The summed E-state index contributed by atoms with van der Waals surface area (Å²) < 4.78 is 0. The van der Waals surface area contributed by atoms with Crippen LogP contribution in [0.5, 0.6) is 0 Å². The van der Waals surface area contributed by atoms with Gasteiger partial charge in [-0.3, -0.25) is 0 Å². The summed E-state index contributed by atoms with van der Waals surface area (Å²) in [5.41, 5.74) is 7.63. The summed E-state index contributed by atoms with van der Waals surface area (Å²) in [5, 5.41) is 5.39. The number of hydrogen-bond acceptors (Lipinski definition) is 4. The van der Waals surface area contributed by atoms with Crippen molar-refractivity contribution in [2.45, 2.75) is 13.3 Å². The molecule has 0 unspecified atom stereocenters. The normalized spacial score (nSPS) is 10.3. The Morgan fingerprint density at radius 2 is 2.33 bits per heavy atom. The van der Waals surface area contributed by atoms with E-state index in [1.807, 2.05) is 13.0 Å². The zero-order chi connectivity index (χ0) is 13.0. The molecule has 0 aliphatic heterocycles. The largest absolute Gasteiger partial charge is 0.389 e. The van der Waals surface area contributed by atoms with Crippen LogP contribution in [-0.4, -0.2) is 16.5 Å². The molecule has 0 amide bonds. The molecule has 0 aliphatic carbocycles. The van der Waals surface area contributed by atoms with Crippen LogP contribution >= 0.6 is 23.6 Å². The lowest BCUT2D eigenvalue weighted by Crippen LogP contribution is -2.17. The predicted molar refractivity (Wildman–Crippen MR) is 81.4 cm³/mol. The van der Waals surface area contributed by atoms with E-state index < -0.39 is 0 Å². The van der Waals surface area contributed by atoms with Gasteiger partial charge in [-0.15, -0.1) is 11.3 Å². The minimum absolute atomic E-state index is 0.388. The number of rotatable bonds is 5. The van der Waals surface area contributed by atoms with Crippen molar-refractivity contribution in [3.8, 4) is 0 Å². The Bertz CT molecular complexity index is 535. The molecule has 5 heteroatoms. The van der Waals surface area contributed by atoms with Gasteiger partial charge in [-0.05, 0) is 36.4 Å². The number of thiocarbonyl (C=S) groups is 1. The minimum atomic E-state index is 0.388. The molecule has 0 spiro atoms. The van der Waals surface area contributed by atoms with E-state index in [1.54, 1.807) is 17.5 Å². The van der Waals surface area contributed by atoms with Crippen molar-refractivity contribution in [2.24, 2.45) is 5.73 Å². The molecule has 3 nitrogen and oxygen atoms in total. The number of aromatic nitrogens is 1. The standard InChI is InChI=1S/C13H15N3S2/c1-9-4-6-15-13(11(9)12(14)17)16-7-5-10-3-2-8-18-10/h2-4,6,8H,5,7H2,1H3,(H2,14,17)(H,15,16). The van der Waals surface area contributed by atoms with Gasteiger partial charge in [0, 0.05) is 17.6 Å². The fraction of sp³-hybridized carbons (Fsp3) is 0.231. The zero-order valence-electron chi connectivity index (χ0n) is 10.1. The van der Waals surface area contributed by atoms with Crippen molar-refractivity contribution in [1.82, 2.24) is 4.98 Å². The third kappa shape index (κ3) is 3.05. The monoisotopic (exact) mass is 277 g/mol.